The maximum atomic E-state index is 8.99. The fourth-order valence-corrected chi connectivity index (χ4v) is 4.14. The van der Waals surface area contributed by atoms with E-state index in [0.29, 0.717) is 0 Å². The van der Waals surface area contributed by atoms with Crippen LogP contribution in [0.15, 0.2) is 102 Å². The van der Waals surface area contributed by atoms with Gasteiger partial charge >= 0.3 is 0 Å². The van der Waals surface area contributed by atoms with Crippen molar-refractivity contribution in [2.45, 2.75) is 0 Å². The second kappa shape index (κ2) is 7.78. The fraction of sp³-hybridized carbons (Fsp3) is 0. The number of nitrogens with one attached hydrogen (secondary N) is 1. The Kier molecular flexibility index (Phi) is 4.67. The van der Waals surface area contributed by atoms with E-state index in [4.69, 9.17) is 15.1 Å². The molecule has 0 bridgehead atoms. The molecule has 0 saturated heterocycles. The fourth-order valence-electron chi connectivity index (χ4n) is 4.14. The zero-order valence-electron chi connectivity index (χ0n) is 16.7. The molecule has 146 valence electrons. The molecule has 1 N–H and O–H groups in total. The summed E-state index contributed by atoms with van der Waals surface area (Å²) in [4.78, 5) is 0. The van der Waals surface area contributed by atoms with Crippen molar-refractivity contribution in [2.24, 2.45) is 0 Å². The summed E-state index contributed by atoms with van der Waals surface area (Å²) >= 11 is 0. The highest BCUT2D eigenvalue weighted by Crippen LogP contribution is 2.39. The molecule has 0 aliphatic rings. The molecule has 0 saturated carbocycles. The van der Waals surface area contributed by atoms with Crippen molar-refractivity contribution in [2.75, 3.05) is 0 Å². The lowest BCUT2D eigenvalue weighted by Crippen LogP contribution is -1.86. The van der Waals surface area contributed by atoms with Gasteiger partial charge in [0.1, 0.15) is 11.2 Å². The minimum atomic E-state index is 0.787. The lowest BCUT2D eigenvalue weighted by atomic mass is 9.94. The standard InChI is InChI=1S/C28H18N2O/c29-15-6-9-20(14-16-30)25-18-27-28(23-11-5-4-10-22(23)25)24-13-12-21(17-26(24)31-27)19-7-2-1-3-8-19/h1-14,16-18,30H/b9-6+,20-14+,30-16?. The number of hydrogen-bond donors (Lipinski definition) is 1. The Morgan fingerprint density at radius 1 is 0.806 bits per heavy atom. The third kappa shape index (κ3) is 3.21. The van der Waals surface area contributed by atoms with E-state index in [-0.39, 0.29) is 0 Å². The average molecular weight is 398 g/mol. The molecule has 0 unspecified atom stereocenters. The lowest BCUT2D eigenvalue weighted by molar-refractivity contribution is 0.669. The van der Waals surface area contributed by atoms with E-state index in [1.807, 2.05) is 42.5 Å². The van der Waals surface area contributed by atoms with Crippen molar-refractivity contribution in [1.82, 2.24) is 0 Å². The van der Waals surface area contributed by atoms with Crippen molar-refractivity contribution >= 4 is 44.5 Å². The predicted molar refractivity (Wildman–Crippen MR) is 128 cm³/mol. The highest BCUT2D eigenvalue weighted by Gasteiger charge is 2.15. The average Bonchev–Trinajstić information content (AvgIpc) is 3.19. The third-order valence-corrected chi connectivity index (χ3v) is 5.50. The van der Waals surface area contributed by atoms with E-state index >= 15 is 0 Å². The van der Waals surface area contributed by atoms with Crippen LogP contribution in [0.25, 0.3) is 49.4 Å². The highest BCUT2D eigenvalue weighted by atomic mass is 16.3. The summed E-state index contributed by atoms with van der Waals surface area (Å²) in [5.74, 6) is 0. The molecule has 1 aromatic heterocycles. The highest BCUT2D eigenvalue weighted by molar-refractivity contribution is 6.21. The molecule has 0 fully saturated rings. The van der Waals surface area contributed by atoms with Crippen molar-refractivity contribution in [3.05, 3.63) is 103 Å². The second-order valence-corrected chi connectivity index (χ2v) is 7.27. The Balaban J connectivity index is 1.82. The number of allylic oxidation sites excluding steroid dienone is 4. The van der Waals surface area contributed by atoms with E-state index in [1.165, 1.54) is 12.3 Å². The normalized spacial score (nSPS) is 12.0. The van der Waals surface area contributed by atoms with Crippen LogP contribution in [-0.4, -0.2) is 6.21 Å². The maximum Gasteiger partial charge on any atom is 0.136 e. The van der Waals surface area contributed by atoms with Gasteiger partial charge in [0.25, 0.3) is 0 Å². The Labute approximate surface area is 179 Å². The molecule has 0 amide bonds. The van der Waals surface area contributed by atoms with Gasteiger partial charge in [-0.3, -0.25) is 0 Å². The summed E-state index contributed by atoms with van der Waals surface area (Å²) in [6, 6.07) is 28.8. The first-order valence-electron chi connectivity index (χ1n) is 10.0. The maximum absolute atomic E-state index is 8.99. The summed E-state index contributed by atoms with van der Waals surface area (Å²) in [7, 11) is 0. The summed E-state index contributed by atoms with van der Waals surface area (Å²) in [5.41, 5.74) is 5.60. The lowest BCUT2D eigenvalue weighted by Gasteiger charge is -2.08. The van der Waals surface area contributed by atoms with Crippen molar-refractivity contribution < 1.29 is 4.42 Å². The number of hydrogen-bond acceptors (Lipinski definition) is 3. The molecule has 31 heavy (non-hydrogen) atoms. The molecule has 0 spiro atoms. The molecule has 3 nitrogen and oxygen atoms in total. The molecular weight excluding hydrogens is 380 g/mol. The van der Waals surface area contributed by atoms with E-state index in [2.05, 4.69) is 42.5 Å². The van der Waals surface area contributed by atoms with Gasteiger partial charge in [-0.25, -0.2) is 0 Å². The minimum Gasteiger partial charge on any atom is -0.456 e. The smallest absolute Gasteiger partial charge is 0.136 e. The minimum absolute atomic E-state index is 0.787. The molecule has 1 heterocycles. The number of nitriles is 1. The summed E-state index contributed by atoms with van der Waals surface area (Å²) in [5, 5.41) is 20.8. The van der Waals surface area contributed by atoms with Crippen LogP contribution in [0, 0.1) is 16.7 Å². The van der Waals surface area contributed by atoms with Gasteiger partial charge in [-0.1, -0.05) is 60.7 Å². The molecular formula is C28H18N2O. The van der Waals surface area contributed by atoms with E-state index in [0.717, 1.165) is 55.0 Å². The zero-order valence-corrected chi connectivity index (χ0v) is 16.7. The Hall–Kier alpha value is -4.42. The molecule has 0 aliphatic heterocycles. The molecule has 3 heteroatoms. The molecule has 4 aromatic carbocycles. The number of nitrogens with zero attached hydrogens (tertiary/aromatic N) is 1. The van der Waals surface area contributed by atoms with Crippen LogP contribution in [0.2, 0.25) is 0 Å². The summed E-state index contributed by atoms with van der Waals surface area (Å²) in [6.45, 7) is 0. The number of rotatable bonds is 4. The van der Waals surface area contributed by atoms with Crippen LogP contribution in [-0.2, 0) is 0 Å². The van der Waals surface area contributed by atoms with Crippen LogP contribution < -0.4 is 0 Å². The topological polar surface area (TPSA) is 60.8 Å². The first-order valence-corrected chi connectivity index (χ1v) is 10.0. The van der Waals surface area contributed by atoms with Gasteiger partial charge in [0, 0.05) is 23.1 Å². The second-order valence-electron chi connectivity index (χ2n) is 7.27. The van der Waals surface area contributed by atoms with Gasteiger partial charge in [-0.05, 0) is 63.4 Å². The van der Waals surface area contributed by atoms with Gasteiger partial charge < -0.3 is 9.83 Å². The van der Waals surface area contributed by atoms with Gasteiger partial charge in [0.05, 0.1) is 6.07 Å². The number of benzene rings is 4. The number of furan rings is 1. The van der Waals surface area contributed by atoms with Crippen molar-refractivity contribution in [3.63, 3.8) is 0 Å². The molecule has 5 rings (SSSR count). The Morgan fingerprint density at radius 2 is 1.58 bits per heavy atom. The van der Waals surface area contributed by atoms with Crippen LogP contribution in [0.3, 0.4) is 0 Å². The van der Waals surface area contributed by atoms with Crippen LogP contribution in [0.5, 0.6) is 0 Å². The third-order valence-electron chi connectivity index (χ3n) is 5.50. The van der Waals surface area contributed by atoms with Crippen LogP contribution in [0.4, 0.5) is 0 Å². The first-order chi connectivity index (χ1) is 15.3. The van der Waals surface area contributed by atoms with Crippen LogP contribution in [0.1, 0.15) is 5.56 Å². The molecule has 0 atom stereocenters. The molecule has 0 radical (unpaired) electrons. The largest absolute Gasteiger partial charge is 0.456 e. The summed E-state index contributed by atoms with van der Waals surface area (Å²) in [6.07, 6.45) is 6.09. The predicted octanol–water partition coefficient (Wildman–Crippen LogP) is 7.52. The Morgan fingerprint density at radius 3 is 2.35 bits per heavy atom. The first kappa shape index (κ1) is 18.6. The van der Waals surface area contributed by atoms with Crippen molar-refractivity contribution in [1.29, 1.82) is 10.7 Å². The number of fused-ring (bicyclic) bond motifs is 5. The van der Waals surface area contributed by atoms with E-state index in [1.54, 1.807) is 12.2 Å². The van der Waals surface area contributed by atoms with Crippen LogP contribution >= 0.6 is 0 Å². The molecule has 0 aliphatic carbocycles. The quantitative estimate of drug-likeness (QED) is 0.193. The van der Waals surface area contributed by atoms with E-state index < -0.39 is 0 Å². The monoisotopic (exact) mass is 398 g/mol. The van der Waals surface area contributed by atoms with Crippen molar-refractivity contribution in [3.8, 4) is 17.2 Å². The van der Waals surface area contributed by atoms with Gasteiger partial charge in [-0.2, -0.15) is 5.26 Å². The van der Waals surface area contributed by atoms with Gasteiger partial charge in [0.2, 0.25) is 0 Å². The SMILES string of the molecule is N#C/C=C/C(=C\C=N)c1cc2oc3cc(-c4ccccc4)ccc3c2c2ccccc12. The van der Waals surface area contributed by atoms with E-state index in [9.17, 15) is 0 Å². The van der Waals surface area contributed by atoms with Gasteiger partial charge in [0.15, 0.2) is 0 Å². The molecule has 5 aromatic rings. The van der Waals surface area contributed by atoms with Gasteiger partial charge in [-0.15, -0.1) is 0 Å². The zero-order chi connectivity index (χ0) is 21.2. The summed E-state index contributed by atoms with van der Waals surface area (Å²) < 4.78 is 6.32. The Bertz CT molecular complexity index is 1550.